The van der Waals surface area contributed by atoms with Crippen LogP contribution in [0.15, 0.2) is 29.1 Å². The van der Waals surface area contributed by atoms with Crippen LogP contribution in [-0.4, -0.2) is 34.9 Å². The van der Waals surface area contributed by atoms with Gasteiger partial charge in [0.25, 0.3) is 5.56 Å². The molecule has 0 aliphatic carbocycles. The van der Waals surface area contributed by atoms with E-state index >= 15 is 0 Å². The number of nitrogens with one attached hydrogen (secondary N) is 3. The van der Waals surface area contributed by atoms with E-state index in [1.807, 2.05) is 24.0 Å². The number of fused-ring (bicyclic) bond motifs is 1. The number of aromatic nitrogens is 2. The summed E-state index contributed by atoms with van der Waals surface area (Å²) >= 11 is 0. The van der Waals surface area contributed by atoms with Crippen molar-refractivity contribution in [3.05, 3.63) is 45.7 Å². The molecule has 1 atom stereocenters. The van der Waals surface area contributed by atoms with E-state index in [9.17, 15) is 14.4 Å². The Morgan fingerprint density at radius 1 is 1.19 bits per heavy atom. The van der Waals surface area contributed by atoms with Crippen molar-refractivity contribution < 1.29 is 9.59 Å². The third kappa shape index (κ3) is 3.42. The predicted molar refractivity (Wildman–Crippen MR) is 102 cm³/mol. The van der Waals surface area contributed by atoms with Crippen molar-refractivity contribution in [1.29, 1.82) is 0 Å². The first-order valence-corrected chi connectivity index (χ1v) is 9.08. The lowest BCUT2D eigenvalue weighted by Crippen LogP contribution is -2.37. The summed E-state index contributed by atoms with van der Waals surface area (Å²) in [4.78, 5) is 46.8. The van der Waals surface area contributed by atoms with Gasteiger partial charge in [-0.3, -0.25) is 19.4 Å². The molecule has 0 spiro atoms. The maximum atomic E-state index is 12.8. The number of hydrogen-bond acceptors (Lipinski definition) is 5. The number of hydrogen-bond donors (Lipinski definition) is 3. The highest BCUT2D eigenvalue weighted by atomic mass is 16.2. The number of H-pyrrole nitrogens is 1. The molecule has 2 aromatic rings. The molecule has 8 heteroatoms. The van der Waals surface area contributed by atoms with Gasteiger partial charge in [-0.25, -0.2) is 0 Å². The fourth-order valence-corrected chi connectivity index (χ4v) is 3.53. The van der Waals surface area contributed by atoms with Crippen LogP contribution in [0, 0.1) is 6.92 Å². The number of carbonyl (C=O) groups excluding carboxylic acids is 2. The van der Waals surface area contributed by atoms with Gasteiger partial charge in [0.15, 0.2) is 0 Å². The SMILES string of the molecule is Cc1ccc(NC(=O)[C@H]2CC(=O)Nc3nc(N4CCCC4)[nH]c(=O)c32)cc1. The monoisotopic (exact) mass is 367 g/mol. The van der Waals surface area contributed by atoms with Crippen LogP contribution in [0.3, 0.4) is 0 Å². The van der Waals surface area contributed by atoms with Crippen LogP contribution in [0.25, 0.3) is 0 Å². The van der Waals surface area contributed by atoms with Crippen LogP contribution in [-0.2, 0) is 9.59 Å². The topological polar surface area (TPSA) is 107 Å². The summed E-state index contributed by atoms with van der Waals surface area (Å²) in [5.74, 6) is -0.968. The van der Waals surface area contributed by atoms with E-state index in [1.165, 1.54) is 0 Å². The van der Waals surface area contributed by atoms with Gasteiger partial charge in [0, 0.05) is 25.2 Å². The van der Waals surface area contributed by atoms with Gasteiger partial charge in [0.2, 0.25) is 17.8 Å². The molecule has 27 heavy (non-hydrogen) atoms. The normalized spacial score (nSPS) is 18.8. The van der Waals surface area contributed by atoms with Crippen molar-refractivity contribution >= 4 is 29.3 Å². The molecule has 2 aliphatic rings. The van der Waals surface area contributed by atoms with Gasteiger partial charge in [0.05, 0.1) is 11.5 Å². The molecular weight excluding hydrogens is 346 g/mol. The van der Waals surface area contributed by atoms with Crippen LogP contribution in [0.4, 0.5) is 17.5 Å². The van der Waals surface area contributed by atoms with Crippen LogP contribution in [0.2, 0.25) is 0 Å². The highest BCUT2D eigenvalue weighted by Crippen LogP contribution is 2.30. The van der Waals surface area contributed by atoms with E-state index in [4.69, 9.17) is 0 Å². The first-order chi connectivity index (χ1) is 13.0. The quantitative estimate of drug-likeness (QED) is 0.766. The van der Waals surface area contributed by atoms with Crippen molar-refractivity contribution in [2.24, 2.45) is 0 Å². The largest absolute Gasteiger partial charge is 0.342 e. The zero-order chi connectivity index (χ0) is 19.0. The molecule has 3 heterocycles. The van der Waals surface area contributed by atoms with Gasteiger partial charge in [-0.1, -0.05) is 17.7 Å². The Labute approximate surface area is 156 Å². The van der Waals surface area contributed by atoms with E-state index in [0.29, 0.717) is 11.6 Å². The van der Waals surface area contributed by atoms with E-state index < -0.39 is 11.8 Å². The number of rotatable bonds is 3. The molecule has 2 aliphatic heterocycles. The second-order valence-corrected chi connectivity index (χ2v) is 7.01. The lowest BCUT2D eigenvalue weighted by molar-refractivity contribution is -0.123. The number of benzene rings is 1. The third-order valence-electron chi connectivity index (χ3n) is 4.98. The summed E-state index contributed by atoms with van der Waals surface area (Å²) in [6.45, 7) is 3.58. The molecule has 2 amide bonds. The second kappa shape index (κ2) is 6.86. The van der Waals surface area contributed by atoms with Crippen molar-refractivity contribution in [3.8, 4) is 0 Å². The Balaban J connectivity index is 1.65. The Kier molecular flexibility index (Phi) is 4.39. The number of carbonyl (C=O) groups is 2. The number of aromatic amines is 1. The Bertz CT molecular complexity index is 945. The molecule has 0 saturated carbocycles. The number of aryl methyl sites for hydroxylation is 1. The summed E-state index contributed by atoms with van der Waals surface area (Å²) in [6.07, 6.45) is 1.99. The van der Waals surface area contributed by atoms with Gasteiger partial charge in [-0.2, -0.15) is 4.98 Å². The van der Waals surface area contributed by atoms with Crippen molar-refractivity contribution in [2.45, 2.75) is 32.1 Å². The third-order valence-corrected chi connectivity index (χ3v) is 4.98. The minimum atomic E-state index is -0.876. The van der Waals surface area contributed by atoms with Gasteiger partial charge < -0.3 is 15.5 Å². The summed E-state index contributed by atoms with van der Waals surface area (Å²) in [6, 6.07) is 7.34. The van der Waals surface area contributed by atoms with Gasteiger partial charge in [-0.15, -0.1) is 0 Å². The van der Waals surface area contributed by atoms with Crippen LogP contribution in [0.1, 0.15) is 36.3 Å². The molecule has 0 unspecified atom stereocenters. The maximum absolute atomic E-state index is 12.8. The average Bonchev–Trinajstić information content (AvgIpc) is 3.17. The average molecular weight is 367 g/mol. The molecule has 140 valence electrons. The first-order valence-electron chi connectivity index (χ1n) is 9.08. The van der Waals surface area contributed by atoms with Crippen LogP contribution >= 0.6 is 0 Å². The zero-order valence-corrected chi connectivity index (χ0v) is 15.0. The Hall–Kier alpha value is -3.16. The summed E-state index contributed by atoms with van der Waals surface area (Å²) in [7, 11) is 0. The molecule has 1 aromatic carbocycles. The molecule has 1 aromatic heterocycles. The lowest BCUT2D eigenvalue weighted by Gasteiger charge is -2.25. The number of amides is 2. The van der Waals surface area contributed by atoms with Gasteiger partial charge >= 0.3 is 0 Å². The van der Waals surface area contributed by atoms with Crippen LogP contribution in [0.5, 0.6) is 0 Å². The standard InChI is InChI=1S/C19H21N5O3/c1-11-4-6-12(7-5-11)20-17(26)13-10-14(25)21-16-15(13)18(27)23-19(22-16)24-8-2-3-9-24/h4-7,13H,2-3,8-10H2,1H3,(H,20,26)(H2,21,22,23,25,27)/t13-/m0/s1. The lowest BCUT2D eigenvalue weighted by atomic mass is 9.92. The van der Waals surface area contributed by atoms with E-state index in [-0.39, 0.29) is 29.3 Å². The van der Waals surface area contributed by atoms with Crippen LogP contribution < -0.4 is 21.1 Å². The molecule has 1 fully saturated rings. The minimum absolute atomic E-state index is 0.0848. The molecule has 8 nitrogen and oxygen atoms in total. The fraction of sp³-hybridized carbons (Fsp3) is 0.368. The first kappa shape index (κ1) is 17.3. The van der Waals surface area contributed by atoms with Crippen molar-refractivity contribution in [1.82, 2.24) is 9.97 Å². The molecule has 0 radical (unpaired) electrons. The van der Waals surface area contributed by atoms with Crippen molar-refractivity contribution in [3.63, 3.8) is 0 Å². The summed E-state index contributed by atoms with van der Waals surface area (Å²) in [5.41, 5.74) is 1.52. The molecule has 4 rings (SSSR count). The molecular formula is C19H21N5O3. The molecule has 3 N–H and O–H groups in total. The fourth-order valence-electron chi connectivity index (χ4n) is 3.53. The maximum Gasteiger partial charge on any atom is 0.258 e. The minimum Gasteiger partial charge on any atom is -0.342 e. The summed E-state index contributed by atoms with van der Waals surface area (Å²) in [5, 5.41) is 5.43. The van der Waals surface area contributed by atoms with E-state index in [0.717, 1.165) is 31.5 Å². The Morgan fingerprint density at radius 3 is 2.59 bits per heavy atom. The Morgan fingerprint density at radius 2 is 1.89 bits per heavy atom. The number of anilines is 3. The van der Waals surface area contributed by atoms with E-state index in [1.54, 1.807) is 12.1 Å². The van der Waals surface area contributed by atoms with Gasteiger partial charge in [0.1, 0.15) is 5.82 Å². The highest BCUT2D eigenvalue weighted by molar-refractivity contribution is 6.04. The molecule has 1 saturated heterocycles. The highest BCUT2D eigenvalue weighted by Gasteiger charge is 2.35. The summed E-state index contributed by atoms with van der Waals surface area (Å²) < 4.78 is 0. The van der Waals surface area contributed by atoms with Crippen molar-refractivity contribution in [2.75, 3.05) is 28.6 Å². The van der Waals surface area contributed by atoms with Gasteiger partial charge in [-0.05, 0) is 31.9 Å². The zero-order valence-electron chi connectivity index (χ0n) is 15.0. The van der Waals surface area contributed by atoms with E-state index in [2.05, 4.69) is 20.6 Å². The predicted octanol–water partition coefficient (Wildman–Crippen LogP) is 1.74. The second-order valence-electron chi connectivity index (χ2n) is 7.01. The smallest absolute Gasteiger partial charge is 0.258 e. The molecule has 0 bridgehead atoms. The number of nitrogens with zero attached hydrogens (tertiary/aromatic N) is 2.